The van der Waals surface area contributed by atoms with Gasteiger partial charge in [-0.1, -0.05) is 24.3 Å². The highest BCUT2D eigenvalue weighted by Crippen LogP contribution is 2.34. The Balaban J connectivity index is 1.39. The second-order valence-corrected chi connectivity index (χ2v) is 13.3. The van der Waals surface area contributed by atoms with Gasteiger partial charge in [0, 0.05) is 48.6 Å². The molecule has 11 heteroatoms. The van der Waals surface area contributed by atoms with Crippen LogP contribution in [0.25, 0.3) is 10.9 Å². The maximum Gasteiger partial charge on any atom is 0.410 e. The predicted molar refractivity (Wildman–Crippen MR) is 193 cm³/mol. The van der Waals surface area contributed by atoms with Crippen LogP contribution in [0.3, 0.4) is 0 Å². The molecule has 1 aromatic heterocycles. The number of pyridine rings is 1. The van der Waals surface area contributed by atoms with Gasteiger partial charge in [0.05, 0.1) is 50.3 Å². The normalized spacial score (nSPS) is 13.4. The largest absolute Gasteiger partial charge is 0.497 e. The van der Waals surface area contributed by atoms with E-state index in [0.29, 0.717) is 64.9 Å². The Morgan fingerprint density at radius 3 is 2.22 bits per heavy atom. The van der Waals surface area contributed by atoms with E-state index in [1.807, 2.05) is 57.2 Å². The quantitative estimate of drug-likeness (QED) is 0.167. The van der Waals surface area contributed by atoms with Crippen molar-refractivity contribution in [1.82, 2.24) is 15.2 Å². The zero-order chi connectivity index (χ0) is 35.8. The van der Waals surface area contributed by atoms with Gasteiger partial charge in [0.1, 0.15) is 22.8 Å². The fourth-order valence-corrected chi connectivity index (χ4v) is 6.02. The van der Waals surface area contributed by atoms with E-state index in [-0.39, 0.29) is 36.7 Å². The lowest BCUT2D eigenvalue weighted by Gasteiger charge is -2.33. The highest BCUT2D eigenvalue weighted by molar-refractivity contribution is 6.17. The number of ether oxygens (including phenoxy) is 4. The molecule has 0 saturated carbocycles. The summed E-state index contributed by atoms with van der Waals surface area (Å²) in [7, 11) is 4.75. The number of anilines is 1. The highest BCUT2D eigenvalue weighted by atomic mass is 16.6. The van der Waals surface area contributed by atoms with Crippen molar-refractivity contribution in [2.24, 2.45) is 5.92 Å². The molecule has 0 radical (unpaired) electrons. The van der Waals surface area contributed by atoms with Gasteiger partial charge in [0.15, 0.2) is 5.78 Å². The van der Waals surface area contributed by atoms with Crippen molar-refractivity contribution in [2.75, 3.05) is 52.8 Å². The first-order valence-electron chi connectivity index (χ1n) is 16.8. The van der Waals surface area contributed by atoms with Crippen LogP contribution in [0.2, 0.25) is 0 Å². The van der Waals surface area contributed by atoms with Crippen molar-refractivity contribution in [3.63, 3.8) is 0 Å². The molecule has 11 nitrogen and oxygen atoms in total. The van der Waals surface area contributed by atoms with Gasteiger partial charge < -0.3 is 34.5 Å². The van der Waals surface area contributed by atoms with Crippen molar-refractivity contribution in [1.29, 1.82) is 0 Å². The lowest BCUT2D eigenvalue weighted by Crippen LogP contribution is -2.44. The van der Waals surface area contributed by atoms with E-state index in [2.05, 4.69) is 10.6 Å². The van der Waals surface area contributed by atoms with Crippen LogP contribution in [-0.2, 0) is 16.0 Å². The van der Waals surface area contributed by atoms with E-state index in [9.17, 15) is 14.4 Å². The molecule has 0 atom stereocenters. The van der Waals surface area contributed by atoms with Crippen molar-refractivity contribution >= 4 is 34.4 Å². The molecule has 5 rings (SSSR count). The van der Waals surface area contributed by atoms with Gasteiger partial charge in [-0.2, -0.15) is 0 Å². The summed E-state index contributed by atoms with van der Waals surface area (Å²) in [5.41, 5.74) is 2.84. The lowest BCUT2D eigenvalue weighted by molar-refractivity contribution is -0.119. The Bertz CT molecular complexity index is 1830. The fraction of sp³-hybridized carbons (Fsp3) is 0.385. The molecular formula is C39H46N4O7. The minimum absolute atomic E-state index is 0.0566. The van der Waals surface area contributed by atoms with E-state index in [0.717, 1.165) is 23.8 Å². The molecule has 1 saturated heterocycles. The summed E-state index contributed by atoms with van der Waals surface area (Å²) in [6.45, 7) is 7.15. The molecular weight excluding hydrogens is 636 g/mol. The van der Waals surface area contributed by atoms with Gasteiger partial charge in [-0.15, -0.1) is 0 Å². The first-order valence-corrected chi connectivity index (χ1v) is 16.8. The van der Waals surface area contributed by atoms with E-state index >= 15 is 0 Å². The van der Waals surface area contributed by atoms with Crippen molar-refractivity contribution < 1.29 is 33.3 Å². The van der Waals surface area contributed by atoms with Crippen LogP contribution in [0.1, 0.15) is 60.8 Å². The van der Waals surface area contributed by atoms with Crippen LogP contribution < -0.4 is 24.8 Å². The Hall–Kier alpha value is -5.32. The first kappa shape index (κ1) is 36.0. The highest BCUT2D eigenvalue weighted by Gasteiger charge is 2.28. The molecule has 1 aliphatic heterocycles. The summed E-state index contributed by atoms with van der Waals surface area (Å²) in [6, 6.07) is 20.0. The van der Waals surface area contributed by atoms with E-state index in [1.165, 1.54) is 0 Å². The van der Waals surface area contributed by atoms with Crippen LogP contribution in [0.15, 0.2) is 66.7 Å². The summed E-state index contributed by atoms with van der Waals surface area (Å²) in [4.78, 5) is 46.8. The summed E-state index contributed by atoms with van der Waals surface area (Å²) >= 11 is 0. The second-order valence-electron chi connectivity index (χ2n) is 13.3. The van der Waals surface area contributed by atoms with Gasteiger partial charge in [0.2, 0.25) is 5.91 Å². The number of nitrogens with zero attached hydrogens (tertiary/aromatic N) is 2. The van der Waals surface area contributed by atoms with Gasteiger partial charge in [-0.3, -0.25) is 14.6 Å². The van der Waals surface area contributed by atoms with Gasteiger partial charge in [-0.05, 0) is 75.9 Å². The Labute approximate surface area is 293 Å². The number of aromatic nitrogens is 1. The summed E-state index contributed by atoms with van der Waals surface area (Å²) in [5, 5.41) is 7.08. The lowest BCUT2D eigenvalue weighted by atomic mass is 9.94. The van der Waals surface area contributed by atoms with Gasteiger partial charge >= 0.3 is 6.09 Å². The van der Waals surface area contributed by atoms with E-state index < -0.39 is 5.60 Å². The smallest absolute Gasteiger partial charge is 0.410 e. The summed E-state index contributed by atoms with van der Waals surface area (Å²) in [5.74, 6) is 1.67. The minimum Gasteiger partial charge on any atom is -0.497 e. The molecule has 0 spiro atoms. The van der Waals surface area contributed by atoms with Gasteiger partial charge in [0.25, 0.3) is 0 Å². The number of likely N-dealkylation sites (tertiary alicyclic amines) is 1. The van der Waals surface area contributed by atoms with Crippen molar-refractivity contribution in [2.45, 2.75) is 45.6 Å². The molecule has 0 unspecified atom stereocenters. The summed E-state index contributed by atoms with van der Waals surface area (Å²) < 4.78 is 21.9. The molecule has 50 heavy (non-hydrogen) atoms. The number of hydrogen-bond donors (Lipinski definition) is 2. The van der Waals surface area contributed by atoms with Crippen LogP contribution in [0.5, 0.6) is 17.2 Å². The maximum atomic E-state index is 14.4. The van der Waals surface area contributed by atoms with Crippen LogP contribution >= 0.6 is 0 Å². The zero-order valence-corrected chi connectivity index (χ0v) is 29.6. The Morgan fingerprint density at radius 1 is 0.880 bits per heavy atom. The van der Waals surface area contributed by atoms with E-state index in [1.54, 1.807) is 56.6 Å². The third-order valence-corrected chi connectivity index (χ3v) is 8.68. The number of benzene rings is 3. The maximum absolute atomic E-state index is 14.4. The SMILES string of the molecule is COc1ccc(C(=O)c2c(Cc3ccc(OC)cc3OC)nc3ccccc3c2NCC(=O)NCC2CCN(C(=O)OC(C)(C)C)CC2)cc1. The van der Waals surface area contributed by atoms with Crippen LogP contribution in [0.4, 0.5) is 10.5 Å². The molecule has 1 fully saturated rings. The summed E-state index contributed by atoms with van der Waals surface area (Å²) in [6.07, 6.45) is 1.51. The van der Waals surface area contributed by atoms with Crippen molar-refractivity contribution in [3.05, 3.63) is 89.1 Å². The minimum atomic E-state index is -0.544. The Morgan fingerprint density at radius 2 is 1.56 bits per heavy atom. The number of fused-ring (bicyclic) bond motifs is 1. The second kappa shape index (κ2) is 15.9. The van der Waals surface area contributed by atoms with Gasteiger partial charge in [-0.25, -0.2) is 4.79 Å². The predicted octanol–water partition coefficient (Wildman–Crippen LogP) is 6.26. The number of para-hydroxylation sites is 1. The standard InChI is InChI=1S/C39H46N4O7/c1-39(2,3)50-38(46)43-19-17-25(18-20-43)23-40-34(44)24-41-36-30-9-7-8-10-31(30)42-32(21-27-13-16-29(48-5)22-33(27)49-6)35(36)37(45)26-11-14-28(47-4)15-12-26/h7-16,22,25H,17-21,23-24H2,1-6H3,(H,40,44)(H,41,42). The third kappa shape index (κ3) is 8.82. The molecule has 4 aromatic rings. The monoisotopic (exact) mass is 682 g/mol. The number of carbonyl (C=O) groups is 3. The molecule has 2 heterocycles. The number of rotatable bonds is 12. The molecule has 0 aliphatic carbocycles. The molecule has 2 N–H and O–H groups in total. The van der Waals surface area contributed by atoms with Crippen LogP contribution in [-0.4, -0.2) is 80.8 Å². The average Bonchev–Trinajstić information content (AvgIpc) is 3.12. The topological polar surface area (TPSA) is 128 Å². The number of piperidine rings is 1. The fourth-order valence-electron chi connectivity index (χ4n) is 6.02. The van der Waals surface area contributed by atoms with E-state index in [4.69, 9.17) is 23.9 Å². The molecule has 3 aromatic carbocycles. The molecule has 2 amide bonds. The third-order valence-electron chi connectivity index (χ3n) is 8.68. The number of hydrogen-bond acceptors (Lipinski definition) is 9. The number of amides is 2. The number of carbonyl (C=O) groups excluding carboxylic acids is 3. The average molecular weight is 683 g/mol. The van der Waals surface area contributed by atoms with Crippen molar-refractivity contribution in [3.8, 4) is 17.2 Å². The van der Waals surface area contributed by atoms with Crippen LogP contribution in [0, 0.1) is 5.92 Å². The zero-order valence-electron chi connectivity index (χ0n) is 29.6. The molecule has 264 valence electrons. The number of nitrogens with one attached hydrogen (secondary N) is 2. The molecule has 1 aliphatic rings. The number of ketones is 1. The first-order chi connectivity index (χ1) is 24.0. The molecule has 0 bridgehead atoms. The number of methoxy groups -OCH3 is 3. The Kier molecular flexibility index (Phi) is 11.5.